The third-order valence-electron chi connectivity index (χ3n) is 1.33. The molecule has 0 unspecified atom stereocenters. The van der Waals surface area contributed by atoms with Gasteiger partial charge in [-0.1, -0.05) is 0 Å². The molecule has 0 saturated heterocycles. The molecule has 1 heterocycles. The number of carboxylic acids is 1. The summed E-state index contributed by atoms with van der Waals surface area (Å²) in [6.07, 6.45) is 0.995. The minimum Gasteiger partial charge on any atom is -0.481 e. The van der Waals surface area contributed by atoms with Crippen LogP contribution in [0.2, 0.25) is 0 Å². The Bertz CT molecular complexity index is 285. The molecule has 13 heavy (non-hydrogen) atoms. The first-order chi connectivity index (χ1) is 6.18. The molecule has 0 aliphatic carbocycles. The van der Waals surface area contributed by atoms with E-state index in [9.17, 15) is 4.79 Å². The van der Waals surface area contributed by atoms with Gasteiger partial charge in [0.05, 0.1) is 8.00 Å². The SMILES string of the molecule is O=C(O)CCCSc1ccc(Br)s1. The summed E-state index contributed by atoms with van der Waals surface area (Å²) in [5.41, 5.74) is 0. The van der Waals surface area contributed by atoms with Crippen LogP contribution in [0.1, 0.15) is 12.8 Å². The van der Waals surface area contributed by atoms with Crippen molar-refractivity contribution in [3.05, 3.63) is 15.9 Å². The molecule has 72 valence electrons. The lowest BCUT2D eigenvalue weighted by molar-refractivity contribution is -0.137. The van der Waals surface area contributed by atoms with E-state index in [4.69, 9.17) is 5.11 Å². The number of hydrogen-bond donors (Lipinski definition) is 1. The molecule has 5 heteroatoms. The molecule has 0 aliphatic heterocycles. The Morgan fingerprint density at radius 3 is 2.92 bits per heavy atom. The molecule has 0 aromatic carbocycles. The number of carboxylic acid groups (broad SMARTS) is 1. The van der Waals surface area contributed by atoms with E-state index in [-0.39, 0.29) is 6.42 Å². The Balaban J connectivity index is 2.16. The molecule has 1 rings (SSSR count). The summed E-state index contributed by atoms with van der Waals surface area (Å²) < 4.78 is 2.35. The second-order valence-electron chi connectivity index (χ2n) is 2.40. The van der Waals surface area contributed by atoms with Crippen molar-refractivity contribution in [2.75, 3.05) is 5.75 Å². The van der Waals surface area contributed by atoms with Crippen molar-refractivity contribution in [2.45, 2.75) is 17.1 Å². The van der Waals surface area contributed by atoms with Gasteiger partial charge in [-0.3, -0.25) is 4.79 Å². The van der Waals surface area contributed by atoms with E-state index in [1.54, 1.807) is 23.1 Å². The van der Waals surface area contributed by atoms with Crippen molar-refractivity contribution < 1.29 is 9.90 Å². The fraction of sp³-hybridized carbons (Fsp3) is 0.375. The van der Waals surface area contributed by atoms with Crippen molar-refractivity contribution >= 4 is 45.0 Å². The highest BCUT2D eigenvalue weighted by atomic mass is 79.9. The Morgan fingerprint density at radius 2 is 2.38 bits per heavy atom. The predicted molar refractivity (Wildman–Crippen MR) is 59.6 cm³/mol. The van der Waals surface area contributed by atoms with Crippen LogP contribution in [0.4, 0.5) is 0 Å². The molecule has 0 amide bonds. The van der Waals surface area contributed by atoms with Crippen molar-refractivity contribution in [3.8, 4) is 0 Å². The molecular weight excluding hydrogens is 272 g/mol. The van der Waals surface area contributed by atoms with Crippen LogP contribution < -0.4 is 0 Å². The van der Waals surface area contributed by atoms with Gasteiger partial charge in [0, 0.05) is 6.42 Å². The largest absolute Gasteiger partial charge is 0.481 e. The number of halogens is 1. The zero-order chi connectivity index (χ0) is 9.68. The molecule has 0 aliphatic rings. The topological polar surface area (TPSA) is 37.3 Å². The lowest BCUT2D eigenvalue weighted by Gasteiger charge is -1.95. The first-order valence-electron chi connectivity index (χ1n) is 3.78. The van der Waals surface area contributed by atoms with Crippen LogP contribution in [0, 0.1) is 0 Å². The summed E-state index contributed by atoms with van der Waals surface area (Å²) in [6.45, 7) is 0. The summed E-state index contributed by atoms with van der Waals surface area (Å²) in [7, 11) is 0. The van der Waals surface area contributed by atoms with Gasteiger partial charge in [0.15, 0.2) is 0 Å². The third-order valence-corrected chi connectivity index (χ3v) is 4.26. The van der Waals surface area contributed by atoms with Crippen LogP contribution in [-0.2, 0) is 4.79 Å². The van der Waals surface area contributed by atoms with Crippen molar-refractivity contribution in [1.29, 1.82) is 0 Å². The second kappa shape index (κ2) is 5.67. The van der Waals surface area contributed by atoms with Gasteiger partial charge in [-0.2, -0.15) is 0 Å². The zero-order valence-electron chi connectivity index (χ0n) is 6.83. The molecule has 0 bridgehead atoms. The molecule has 0 spiro atoms. The standard InChI is InChI=1S/C8H9BrO2S2/c9-6-3-4-8(13-6)12-5-1-2-7(10)11/h3-4H,1-2,5H2,(H,10,11). The summed E-state index contributed by atoms with van der Waals surface area (Å²) in [5.74, 6) is 0.159. The quantitative estimate of drug-likeness (QED) is 0.663. The lowest BCUT2D eigenvalue weighted by atomic mass is 10.3. The Morgan fingerprint density at radius 1 is 1.62 bits per heavy atom. The van der Waals surface area contributed by atoms with Crippen molar-refractivity contribution in [1.82, 2.24) is 0 Å². The molecule has 0 atom stereocenters. The number of thiophene rings is 1. The first kappa shape index (κ1) is 11.1. The number of aliphatic carboxylic acids is 1. The number of carbonyl (C=O) groups is 1. The summed E-state index contributed by atoms with van der Waals surface area (Å²) in [5, 5.41) is 8.40. The normalized spacial score (nSPS) is 10.2. The maximum absolute atomic E-state index is 10.2. The number of hydrogen-bond acceptors (Lipinski definition) is 3. The molecular formula is C8H9BrO2S2. The van der Waals surface area contributed by atoms with E-state index >= 15 is 0 Å². The highest BCUT2D eigenvalue weighted by molar-refractivity contribution is 9.11. The Hall–Kier alpha value is -0.0000000000000000833. The van der Waals surface area contributed by atoms with E-state index < -0.39 is 5.97 Å². The van der Waals surface area contributed by atoms with Crippen LogP contribution in [0.5, 0.6) is 0 Å². The van der Waals surface area contributed by atoms with Gasteiger partial charge >= 0.3 is 5.97 Å². The van der Waals surface area contributed by atoms with Gasteiger partial charge in [-0.15, -0.1) is 23.1 Å². The third kappa shape index (κ3) is 4.69. The van der Waals surface area contributed by atoms with Gasteiger partial charge in [0.2, 0.25) is 0 Å². The summed E-state index contributed by atoms with van der Waals surface area (Å²) >= 11 is 6.76. The molecule has 2 nitrogen and oxygen atoms in total. The highest BCUT2D eigenvalue weighted by Gasteiger charge is 2.00. The van der Waals surface area contributed by atoms with Gasteiger partial charge < -0.3 is 5.11 Å². The van der Waals surface area contributed by atoms with Gasteiger partial charge in [-0.25, -0.2) is 0 Å². The van der Waals surface area contributed by atoms with Gasteiger partial charge in [0.1, 0.15) is 0 Å². The lowest BCUT2D eigenvalue weighted by Crippen LogP contribution is -1.94. The maximum Gasteiger partial charge on any atom is 0.303 e. The van der Waals surface area contributed by atoms with E-state index in [1.807, 2.05) is 12.1 Å². The van der Waals surface area contributed by atoms with Crippen molar-refractivity contribution in [3.63, 3.8) is 0 Å². The minimum absolute atomic E-state index is 0.263. The minimum atomic E-state index is -0.715. The number of thioether (sulfide) groups is 1. The predicted octanol–water partition coefficient (Wildman–Crippen LogP) is 3.47. The van der Waals surface area contributed by atoms with Gasteiger partial charge in [-0.05, 0) is 40.2 Å². The zero-order valence-corrected chi connectivity index (χ0v) is 10.0. The average molecular weight is 281 g/mol. The number of rotatable bonds is 5. The van der Waals surface area contributed by atoms with E-state index in [1.165, 1.54) is 4.21 Å². The van der Waals surface area contributed by atoms with Gasteiger partial charge in [0.25, 0.3) is 0 Å². The molecule has 1 aromatic heterocycles. The van der Waals surface area contributed by atoms with E-state index in [0.29, 0.717) is 0 Å². The monoisotopic (exact) mass is 280 g/mol. The smallest absolute Gasteiger partial charge is 0.303 e. The molecule has 0 saturated carbocycles. The second-order valence-corrected chi connectivity index (χ2v) is 6.26. The van der Waals surface area contributed by atoms with Crippen LogP contribution in [-0.4, -0.2) is 16.8 Å². The van der Waals surface area contributed by atoms with E-state index in [2.05, 4.69) is 15.9 Å². The van der Waals surface area contributed by atoms with E-state index in [0.717, 1.165) is 16.0 Å². The molecule has 0 radical (unpaired) electrons. The fourth-order valence-electron chi connectivity index (χ4n) is 0.771. The summed E-state index contributed by atoms with van der Waals surface area (Å²) in [4.78, 5) is 10.2. The first-order valence-corrected chi connectivity index (χ1v) is 6.38. The Kier molecular flexibility index (Phi) is 4.83. The van der Waals surface area contributed by atoms with Crippen LogP contribution >= 0.6 is 39.0 Å². The molecule has 0 fully saturated rings. The molecule has 1 aromatic rings. The highest BCUT2D eigenvalue weighted by Crippen LogP contribution is 2.30. The van der Waals surface area contributed by atoms with Crippen LogP contribution in [0.25, 0.3) is 0 Å². The summed E-state index contributed by atoms with van der Waals surface area (Å²) in [6, 6.07) is 4.05. The Labute approximate surface area is 93.5 Å². The maximum atomic E-state index is 10.2. The average Bonchev–Trinajstić information content (AvgIpc) is 2.45. The van der Waals surface area contributed by atoms with Crippen LogP contribution in [0.3, 0.4) is 0 Å². The molecule has 1 N–H and O–H groups in total. The van der Waals surface area contributed by atoms with Crippen LogP contribution in [0.15, 0.2) is 20.1 Å². The van der Waals surface area contributed by atoms with Crippen molar-refractivity contribution in [2.24, 2.45) is 0 Å². The fourth-order valence-corrected chi connectivity index (χ4v) is 3.62.